The fourth-order valence-electron chi connectivity index (χ4n) is 0.909. The van der Waals surface area contributed by atoms with Crippen LogP contribution in [0.15, 0.2) is 0 Å². The number of hydrogen-bond donors (Lipinski definition) is 0. The first-order valence-electron chi connectivity index (χ1n) is 5.46. The van der Waals surface area contributed by atoms with Crippen LogP contribution in [-0.4, -0.2) is 39.7 Å². The first kappa shape index (κ1) is 17.4. The summed E-state index contributed by atoms with van der Waals surface area (Å²) in [5, 5.41) is 0. The average Bonchev–Trinajstić information content (AvgIpc) is 2.25. The van der Waals surface area contributed by atoms with Gasteiger partial charge in [-0.3, -0.25) is 0 Å². The maximum absolute atomic E-state index is 11.5. The Hall–Kier alpha value is -0.560. The van der Waals surface area contributed by atoms with Crippen molar-refractivity contribution >= 4 is 24.1 Å². The highest BCUT2D eigenvalue weighted by Gasteiger charge is 2.45. The van der Waals surface area contributed by atoms with Gasteiger partial charge < -0.3 is 4.74 Å². The first-order valence-corrected chi connectivity index (χ1v) is 8.52. The van der Waals surface area contributed by atoms with E-state index in [-0.39, 0.29) is 13.2 Å². The smallest absolute Gasteiger partial charge is 0.460 e. The molecular formula is C9H18O7PS+. The molecule has 9 heteroatoms. The lowest BCUT2D eigenvalue weighted by molar-refractivity contribution is -0.148. The van der Waals surface area contributed by atoms with Gasteiger partial charge in [0.15, 0.2) is 0 Å². The number of carbonyl (C=O) groups excluding carboxylic acids is 1. The van der Waals surface area contributed by atoms with Crippen LogP contribution in [0.25, 0.3) is 0 Å². The van der Waals surface area contributed by atoms with Crippen molar-refractivity contribution in [2.24, 2.45) is 0 Å². The normalized spacial score (nSPS) is 14.1. The summed E-state index contributed by atoms with van der Waals surface area (Å²) >= 11 is 0. The number of hydrogen-bond acceptors (Lipinski definition) is 7. The van der Waals surface area contributed by atoms with Crippen LogP contribution in [0.5, 0.6) is 0 Å². The van der Waals surface area contributed by atoms with Crippen molar-refractivity contribution in [1.82, 2.24) is 0 Å². The molecule has 0 aliphatic heterocycles. The minimum atomic E-state index is -3.93. The molecule has 0 fully saturated rings. The molecule has 0 spiro atoms. The Balaban J connectivity index is 4.64. The topological polar surface area (TPSA) is 96.0 Å². The monoisotopic (exact) mass is 301 g/mol. The highest BCUT2D eigenvalue weighted by molar-refractivity contribution is 7.86. The Bertz CT molecular complexity index is 378. The summed E-state index contributed by atoms with van der Waals surface area (Å²) in [6.45, 7) is 3.65. The molecule has 106 valence electrons. The molecule has 0 saturated heterocycles. The third kappa shape index (κ3) is 7.71. The largest absolute Gasteiger partial charge is 0.554 e. The number of rotatable bonds is 9. The van der Waals surface area contributed by atoms with Crippen LogP contribution in [0.4, 0.5) is 0 Å². The lowest BCUT2D eigenvalue weighted by atomic mass is 10.4. The van der Waals surface area contributed by atoms with Crippen LogP contribution in [0.2, 0.25) is 0 Å². The number of ether oxygens (including phenoxy) is 1. The standard InChI is InChI=1S/C9H18O7PS/c1-4-6-7-14-8(10)9(16-18(3,12)13)17(11)15-5-2/h9H,4-7H2,1-3H3/q+1. The van der Waals surface area contributed by atoms with Gasteiger partial charge in [-0.2, -0.15) is 8.42 Å². The van der Waals surface area contributed by atoms with Crippen LogP contribution in [0.3, 0.4) is 0 Å². The second-order valence-electron chi connectivity index (χ2n) is 3.38. The zero-order valence-electron chi connectivity index (χ0n) is 10.6. The fourth-order valence-corrected chi connectivity index (χ4v) is 2.71. The van der Waals surface area contributed by atoms with Crippen molar-refractivity contribution in [2.45, 2.75) is 32.5 Å². The maximum atomic E-state index is 11.5. The summed E-state index contributed by atoms with van der Waals surface area (Å²) in [7, 11) is -6.52. The zero-order valence-corrected chi connectivity index (χ0v) is 12.3. The SMILES string of the molecule is CCCCOC(=O)C(OS(C)(=O)=O)[P+](=O)OCC. The van der Waals surface area contributed by atoms with E-state index in [1.54, 1.807) is 6.92 Å². The van der Waals surface area contributed by atoms with Crippen molar-refractivity contribution in [3.63, 3.8) is 0 Å². The van der Waals surface area contributed by atoms with E-state index in [0.29, 0.717) is 6.42 Å². The lowest BCUT2D eigenvalue weighted by Gasteiger charge is -2.06. The second kappa shape index (κ2) is 8.53. The van der Waals surface area contributed by atoms with E-state index in [1.165, 1.54) is 0 Å². The summed E-state index contributed by atoms with van der Waals surface area (Å²) in [4.78, 5) is 11.5. The molecule has 0 amide bonds. The van der Waals surface area contributed by atoms with Crippen molar-refractivity contribution < 1.29 is 31.2 Å². The molecule has 0 radical (unpaired) electrons. The molecule has 0 N–H and O–H groups in total. The van der Waals surface area contributed by atoms with Crippen LogP contribution in [0.1, 0.15) is 26.7 Å². The molecule has 2 unspecified atom stereocenters. The second-order valence-corrected chi connectivity index (χ2v) is 6.28. The quantitative estimate of drug-likeness (QED) is 0.275. The van der Waals surface area contributed by atoms with Crippen molar-refractivity contribution in [1.29, 1.82) is 0 Å². The first-order chi connectivity index (χ1) is 8.31. The Labute approximate surface area is 108 Å². The summed E-state index contributed by atoms with van der Waals surface area (Å²) in [5.41, 5.74) is 0. The van der Waals surface area contributed by atoms with Gasteiger partial charge in [0, 0.05) is 0 Å². The summed E-state index contributed by atoms with van der Waals surface area (Å²) < 4.78 is 47.4. The number of esters is 1. The molecule has 0 aliphatic carbocycles. The fraction of sp³-hybridized carbons (Fsp3) is 0.889. The molecule has 0 aromatic rings. The molecule has 0 rings (SSSR count). The molecule has 7 nitrogen and oxygen atoms in total. The molecule has 0 aromatic heterocycles. The van der Waals surface area contributed by atoms with Crippen molar-refractivity contribution in [2.75, 3.05) is 19.5 Å². The third-order valence-corrected chi connectivity index (χ3v) is 3.55. The van der Waals surface area contributed by atoms with Gasteiger partial charge in [0.25, 0.3) is 10.1 Å². The summed E-state index contributed by atoms with van der Waals surface area (Å²) in [6, 6.07) is 0. The molecule has 0 aliphatic rings. The van der Waals surface area contributed by atoms with Gasteiger partial charge in [0.05, 0.1) is 19.5 Å². The predicted octanol–water partition coefficient (Wildman–Crippen LogP) is 1.41. The highest BCUT2D eigenvalue weighted by Crippen LogP contribution is 2.32. The van der Waals surface area contributed by atoms with E-state index in [0.717, 1.165) is 12.7 Å². The zero-order chi connectivity index (χ0) is 14.2. The Morgan fingerprint density at radius 2 is 1.94 bits per heavy atom. The minimum absolute atomic E-state index is 0.0705. The summed E-state index contributed by atoms with van der Waals surface area (Å²) in [5.74, 6) is -2.74. The molecular weight excluding hydrogens is 283 g/mol. The molecule has 0 bridgehead atoms. The van der Waals surface area contributed by atoms with Crippen LogP contribution in [0, 0.1) is 0 Å². The van der Waals surface area contributed by atoms with Crippen LogP contribution in [-0.2, 0) is 32.9 Å². The van der Waals surface area contributed by atoms with Gasteiger partial charge >= 0.3 is 19.8 Å². The summed E-state index contributed by atoms with van der Waals surface area (Å²) in [6.07, 6.45) is 2.19. The van der Waals surface area contributed by atoms with Gasteiger partial charge in [0.1, 0.15) is 0 Å². The van der Waals surface area contributed by atoms with E-state index in [1.807, 2.05) is 6.92 Å². The van der Waals surface area contributed by atoms with Gasteiger partial charge in [-0.25, -0.2) is 8.98 Å². The lowest BCUT2D eigenvalue weighted by Crippen LogP contribution is -2.26. The number of unbranched alkanes of at least 4 members (excludes halogenated alkanes) is 1. The van der Waals surface area contributed by atoms with E-state index < -0.39 is 30.0 Å². The Morgan fingerprint density at radius 3 is 2.39 bits per heavy atom. The van der Waals surface area contributed by atoms with E-state index in [9.17, 15) is 17.8 Å². The minimum Gasteiger partial charge on any atom is -0.460 e. The van der Waals surface area contributed by atoms with Gasteiger partial charge in [-0.05, 0) is 17.9 Å². The molecule has 18 heavy (non-hydrogen) atoms. The van der Waals surface area contributed by atoms with Crippen LogP contribution < -0.4 is 0 Å². The predicted molar refractivity (Wildman–Crippen MR) is 64.8 cm³/mol. The van der Waals surface area contributed by atoms with E-state index >= 15 is 0 Å². The Kier molecular flexibility index (Phi) is 8.26. The third-order valence-electron chi connectivity index (χ3n) is 1.66. The van der Waals surface area contributed by atoms with Gasteiger partial charge in [0.2, 0.25) is 0 Å². The Morgan fingerprint density at radius 1 is 1.33 bits per heavy atom. The van der Waals surface area contributed by atoms with Crippen LogP contribution >= 0.6 is 8.03 Å². The van der Waals surface area contributed by atoms with Crippen molar-refractivity contribution in [3.05, 3.63) is 0 Å². The van der Waals surface area contributed by atoms with E-state index in [2.05, 4.69) is 4.18 Å². The maximum Gasteiger partial charge on any atom is 0.554 e. The highest BCUT2D eigenvalue weighted by atomic mass is 32.2. The average molecular weight is 301 g/mol. The van der Waals surface area contributed by atoms with Crippen molar-refractivity contribution in [3.8, 4) is 0 Å². The molecule has 0 heterocycles. The molecule has 0 saturated carbocycles. The molecule has 0 aromatic carbocycles. The van der Waals surface area contributed by atoms with Gasteiger partial charge in [-0.15, -0.1) is 4.52 Å². The molecule has 2 atom stereocenters. The van der Waals surface area contributed by atoms with E-state index in [4.69, 9.17) is 9.26 Å². The number of carbonyl (C=O) groups is 1. The van der Waals surface area contributed by atoms with Gasteiger partial charge in [-0.1, -0.05) is 13.3 Å².